The Bertz CT molecular complexity index is 775. The van der Waals surface area contributed by atoms with Crippen molar-refractivity contribution in [3.8, 4) is 0 Å². The summed E-state index contributed by atoms with van der Waals surface area (Å²) < 4.78 is 27.2. The van der Waals surface area contributed by atoms with E-state index in [1.807, 2.05) is 10.7 Å². The third-order valence-corrected chi connectivity index (χ3v) is 6.82. The highest BCUT2D eigenvalue weighted by atomic mass is 32.2. The quantitative estimate of drug-likeness (QED) is 0.806. The van der Waals surface area contributed by atoms with Crippen molar-refractivity contribution in [1.82, 2.24) is 24.3 Å². The zero-order chi connectivity index (χ0) is 17.6. The van der Waals surface area contributed by atoms with Crippen molar-refractivity contribution < 1.29 is 13.2 Å². The Morgan fingerprint density at radius 2 is 2.08 bits per heavy atom. The van der Waals surface area contributed by atoms with Crippen molar-refractivity contribution in [2.45, 2.75) is 57.4 Å². The fraction of sp³-hybridized carbons (Fsp3) is 0.750. The molecule has 0 spiro atoms. The summed E-state index contributed by atoms with van der Waals surface area (Å²) in [6, 6.07) is 2.70. The first-order chi connectivity index (χ1) is 11.9. The van der Waals surface area contributed by atoms with Crippen LogP contribution in [0.1, 0.15) is 37.1 Å². The number of carbonyl (C=O) groups excluding carboxylic acids is 1. The summed E-state index contributed by atoms with van der Waals surface area (Å²) in [5.74, 6) is 0.140. The van der Waals surface area contributed by atoms with Crippen LogP contribution in [0.4, 0.5) is 0 Å². The maximum atomic E-state index is 11.9. The van der Waals surface area contributed by atoms with Crippen LogP contribution in [0.15, 0.2) is 6.07 Å². The molecule has 8 nitrogen and oxygen atoms in total. The van der Waals surface area contributed by atoms with Gasteiger partial charge in [0.2, 0.25) is 15.9 Å². The molecule has 2 atom stereocenters. The van der Waals surface area contributed by atoms with Crippen molar-refractivity contribution in [3.63, 3.8) is 0 Å². The number of nitrogens with one attached hydrogen (secondary N) is 1. The molecule has 138 valence electrons. The molecule has 1 aromatic heterocycles. The maximum absolute atomic E-state index is 11.9. The third-order valence-electron chi connectivity index (χ3n) is 5.57. The molecule has 9 heteroatoms. The standard InChI is InChI=1S/C16H25N5O3S/c1-25(23,24)19-5-2-6-21-15(11-19)7-12(18-21)10-20-13-3-4-14(20)9-17-16(22)8-13/h7,13-14H,2-6,8-11H2,1H3,(H,17,22)/t13-,14+/m0/s1. The fourth-order valence-electron chi connectivity index (χ4n) is 4.27. The smallest absolute Gasteiger partial charge is 0.221 e. The molecule has 25 heavy (non-hydrogen) atoms. The summed E-state index contributed by atoms with van der Waals surface area (Å²) in [5.41, 5.74) is 1.92. The van der Waals surface area contributed by atoms with Gasteiger partial charge in [-0.3, -0.25) is 14.4 Å². The molecular formula is C16H25N5O3S. The molecule has 0 aliphatic carbocycles. The number of nitrogens with zero attached hydrogens (tertiary/aromatic N) is 4. The Hall–Kier alpha value is -1.45. The molecular weight excluding hydrogens is 342 g/mol. The number of hydrogen-bond donors (Lipinski definition) is 1. The lowest BCUT2D eigenvalue weighted by atomic mass is 10.1. The molecule has 2 fully saturated rings. The number of amides is 1. The van der Waals surface area contributed by atoms with Gasteiger partial charge in [-0.05, 0) is 25.3 Å². The van der Waals surface area contributed by atoms with Gasteiger partial charge in [-0.15, -0.1) is 0 Å². The van der Waals surface area contributed by atoms with Crippen LogP contribution in [0.25, 0.3) is 0 Å². The molecule has 2 bridgehead atoms. The number of rotatable bonds is 3. The number of hydrogen-bond acceptors (Lipinski definition) is 5. The summed E-state index contributed by atoms with van der Waals surface area (Å²) in [4.78, 5) is 14.2. The van der Waals surface area contributed by atoms with E-state index in [1.54, 1.807) is 0 Å². The van der Waals surface area contributed by atoms with Gasteiger partial charge >= 0.3 is 0 Å². The summed E-state index contributed by atoms with van der Waals surface area (Å²) >= 11 is 0. The molecule has 0 aromatic carbocycles. The minimum absolute atomic E-state index is 0.140. The van der Waals surface area contributed by atoms with Crippen molar-refractivity contribution in [1.29, 1.82) is 0 Å². The number of sulfonamides is 1. The van der Waals surface area contributed by atoms with Crippen LogP contribution in [0.3, 0.4) is 0 Å². The number of fused-ring (bicyclic) bond motifs is 3. The Morgan fingerprint density at radius 1 is 1.28 bits per heavy atom. The highest BCUT2D eigenvalue weighted by Gasteiger charge is 2.37. The first-order valence-corrected chi connectivity index (χ1v) is 10.8. The highest BCUT2D eigenvalue weighted by Crippen LogP contribution is 2.30. The Labute approximate surface area is 148 Å². The number of aromatic nitrogens is 2. The predicted octanol–water partition coefficient (Wildman–Crippen LogP) is -0.0987. The highest BCUT2D eigenvalue weighted by molar-refractivity contribution is 7.88. The van der Waals surface area contributed by atoms with Gasteiger partial charge in [-0.25, -0.2) is 8.42 Å². The van der Waals surface area contributed by atoms with Gasteiger partial charge in [-0.1, -0.05) is 0 Å². The second-order valence-electron chi connectivity index (χ2n) is 7.37. The van der Waals surface area contributed by atoms with Gasteiger partial charge in [0, 0.05) is 44.7 Å². The van der Waals surface area contributed by atoms with Gasteiger partial charge in [0.15, 0.2) is 0 Å². The van der Waals surface area contributed by atoms with E-state index in [4.69, 9.17) is 5.10 Å². The van der Waals surface area contributed by atoms with Crippen LogP contribution in [-0.2, 0) is 34.5 Å². The maximum Gasteiger partial charge on any atom is 0.221 e. The van der Waals surface area contributed by atoms with E-state index in [2.05, 4.69) is 10.2 Å². The van der Waals surface area contributed by atoms with E-state index in [1.165, 1.54) is 10.6 Å². The number of aryl methyl sites for hydroxylation is 1. The first kappa shape index (κ1) is 17.0. The zero-order valence-electron chi connectivity index (χ0n) is 14.5. The molecule has 4 heterocycles. The lowest BCUT2D eigenvalue weighted by molar-refractivity contribution is -0.121. The van der Waals surface area contributed by atoms with Gasteiger partial charge in [0.25, 0.3) is 0 Å². The van der Waals surface area contributed by atoms with Crippen LogP contribution < -0.4 is 5.32 Å². The van der Waals surface area contributed by atoms with E-state index in [9.17, 15) is 13.2 Å². The Balaban J connectivity index is 1.52. The first-order valence-electron chi connectivity index (χ1n) is 8.93. The van der Waals surface area contributed by atoms with Gasteiger partial charge in [0.05, 0.1) is 24.2 Å². The van der Waals surface area contributed by atoms with Crippen LogP contribution in [-0.4, -0.2) is 64.7 Å². The normalized spacial score (nSPS) is 28.3. The van der Waals surface area contributed by atoms with Crippen LogP contribution in [0.5, 0.6) is 0 Å². The molecule has 1 N–H and O–H groups in total. The van der Waals surface area contributed by atoms with Crippen molar-refractivity contribution in [2.24, 2.45) is 0 Å². The second kappa shape index (κ2) is 6.37. The summed E-state index contributed by atoms with van der Waals surface area (Å²) in [7, 11) is -3.19. The predicted molar refractivity (Wildman–Crippen MR) is 92.1 cm³/mol. The lowest BCUT2D eigenvalue weighted by Crippen LogP contribution is -2.37. The Morgan fingerprint density at radius 3 is 2.88 bits per heavy atom. The second-order valence-corrected chi connectivity index (χ2v) is 9.35. The van der Waals surface area contributed by atoms with Crippen LogP contribution >= 0.6 is 0 Å². The van der Waals surface area contributed by atoms with Crippen molar-refractivity contribution >= 4 is 15.9 Å². The fourth-order valence-corrected chi connectivity index (χ4v) is 5.10. The summed E-state index contributed by atoms with van der Waals surface area (Å²) in [6.07, 6.45) is 4.77. The van der Waals surface area contributed by atoms with E-state index >= 15 is 0 Å². The minimum Gasteiger partial charge on any atom is -0.354 e. The largest absolute Gasteiger partial charge is 0.354 e. The van der Waals surface area contributed by atoms with E-state index in [-0.39, 0.29) is 5.91 Å². The molecule has 0 unspecified atom stereocenters. The van der Waals surface area contributed by atoms with Crippen molar-refractivity contribution in [3.05, 3.63) is 17.5 Å². The van der Waals surface area contributed by atoms with Gasteiger partial charge < -0.3 is 5.32 Å². The molecule has 4 rings (SSSR count). The molecule has 0 saturated carbocycles. The van der Waals surface area contributed by atoms with E-state index in [0.717, 1.165) is 43.7 Å². The topological polar surface area (TPSA) is 87.5 Å². The lowest BCUT2D eigenvalue weighted by Gasteiger charge is -2.26. The molecule has 2 saturated heterocycles. The van der Waals surface area contributed by atoms with Gasteiger partial charge in [0.1, 0.15) is 0 Å². The van der Waals surface area contributed by atoms with Crippen molar-refractivity contribution in [2.75, 3.05) is 19.3 Å². The molecule has 1 amide bonds. The van der Waals surface area contributed by atoms with Gasteiger partial charge in [-0.2, -0.15) is 9.40 Å². The summed E-state index contributed by atoms with van der Waals surface area (Å²) in [6.45, 7) is 3.11. The molecule has 0 radical (unpaired) electrons. The third kappa shape index (κ3) is 3.45. The Kier molecular flexibility index (Phi) is 4.33. The average molecular weight is 367 g/mol. The minimum atomic E-state index is -3.19. The number of carbonyl (C=O) groups is 1. The molecule has 3 aliphatic heterocycles. The van der Waals surface area contributed by atoms with Crippen LogP contribution in [0, 0.1) is 0 Å². The summed E-state index contributed by atoms with van der Waals surface area (Å²) in [5, 5.41) is 7.71. The van der Waals surface area contributed by atoms with E-state index in [0.29, 0.717) is 38.1 Å². The monoisotopic (exact) mass is 367 g/mol. The average Bonchev–Trinajstić information content (AvgIpc) is 2.95. The SMILES string of the molecule is CS(=O)(=O)N1CCCn2nc(CN3[C@@H]4CC[C@H]3CC(=O)NC4)cc2C1. The molecule has 1 aromatic rings. The van der Waals surface area contributed by atoms with Crippen LogP contribution in [0.2, 0.25) is 0 Å². The zero-order valence-corrected chi connectivity index (χ0v) is 15.3. The molecule has 3 aliphatic rings. The van der Waals surface area contributed by atoms with E-state index < -0.39 is 10.0 Å².